The van der Waals surface area contributed by atoms with E-state index in [2.05, 4.69) is 18.6 Å². The van der Waals surface area contributed by atoms with Gasteiger partial charge in [0.15, 0.2) is 7.28 Å². The molecule has 23 heavy (non-hydrogen) atoms. The van der Waals surface area contributed by atoms with Gasteiger partial charge in [0.05, 0.1) is 5.60 Å². The van der Waals surface area contributed by atoms with E-state index in [1.54, 1.807) is 25.7 Å². The van der Waals surface area contributed by atoms with Gasteiger partial charge in [-0.1, -0.05) is 42.3 Å². The van der Waals surface area contributed by atoms with Gasteiger partial charge >= 0.3 is 18.9 Å². The van der Waals surface area contributed by atoms with Gasteiger partial charge in [0.1, 0.15) is 0 Å². The molecule has 0 N–H and O–H groups in total. The van der Waals surface area contributed by atoms with Crippen molar-refractivity contribution in [1.82, 2.24) is 4.90 Å². The normalized spacial score (nSPS) is 9.61. The van der Waals surface area contributed by atoms with E-state index in [1.165, 1.54) is 6.47 Å². The first-order chi connectivity index (χ1) is 10.3. The number of nitrogens with zero attached hydrogens (tertiary/aromatic N) is 1. The van der Waals surface area contributed by atoms with Crippen LogP contribution in [0.25, 0.3) is 0 Å². The summed E-state index contributed by atoms with van der Waals surface area (Å²) in [5.41, 5.74) is 0.695. The maximum absolute atomic E-state index is 11.6. The van der Waals surface area contributed by atoms with Gasteiger partial charge in [0, 0.05) is 6.32 Å². The Morgan fingerprint density at radius 2 is 1.74 bits per heavy atom. The number of carbonyl (C=O) groups excluding carboxylic acids is 2. The number of hydrogen-bond donors (Lipinski definition) is 0. The van der Waals surface area contributed by atoms with E-state index in [9.17, 15) is 9.59 Å². The molecule has 0 aliphatic rings. The van der Waals surface area contributed by atoms with Crippen molar-refractivity contribution in [2.45, 2.75) is 32.7 Å². The average molecular weight is 308 g/mol. The third-order valence-electron chi connectivity index (χ3n) is 2.55. The van der Waals surface area contributed by atoms with E-state index in [0.29, 0.717) is 19.4 Å². The minimum absolute atomic E-state index is 0. The Balaban J connectivity index is 0. The molecule has 1 rings (SSSR count). The van der Waals surface area contributed by atoms with Crippen LogP contribution < -0.4 is 24.3 Å². The Labute approximate surface area is 153 Å². The fraction of sp³-hybridized carbons (Fsp3) is 0.412. The monoisotopic (exact) mass is 308 g/mol. The Morgan fingerprint density at radius 1 is 1.22 bits per heavy atom. The van der Waals surface area contributed by atoms with Crippen molar-refractivity contribution in [3.05, 3.63) is 44.2 Å². The van der Waals surface area contributed by atoms with E-state index in [1.807, 2.05) is 37.6 Å². The van der Waals surface area contributed by atoms with Gasteiger partial charge in [0.25, 0.3) is 0 Å². The van der Waals surface area contributed by atoms with Crippen molar-refractivity contribution < 1.29 is 33.2 Å². The van der Waals surface area contributed by atoms with Crippen LogP contribution >= 0.6 is 0 Å². The molecular formula is C17H24BLiNO3-2. The molecule has 0 bridgehead atoms. The van der Waals surface area contributed by atoms with E-state index in [0.717, 1.165) is 5.46 Å². The summed E-state index contributed by atoms with van der Waals surface area (Å²) in [6.45, 7) is 15.0. The second kappa shape index (κ2) is 13.3. The number of ether oxygens (including phenoxy) is 1. The van der Waals surface area contributed by atoms with Gasteiger partial charge in [-0.25, -0.2) is 0 Å². The van der Waals surface area contributed by atoms with E-state index < -0.39 is 0 Å². The standard InChI is InChI=1S/C12H15BNO.C5H9O2.Li/c1-3-14(4-2)12(15)10-13-11-8-6-5-7-9-11;1-5(2,3)7-4-6;/h5-9H,1-4,10H2;1-3H3;/q-2;-1;+1. The summed E-state index contributed by atoms with van der Waals surface area (Å²) < 4.78 is 4.42. The number of amides is 1. The molecule has 0 aromatic heterocycles. The zero-order valence-electron chi connectivity index (χ0n) is 14.7. The van der Waals surface area contributed by atoms with Crippen molar-refractivity contribution in [2.75, 3.05) is 13.1 Å². The third kappa shape index (κ3) is 13.0. The molecule has 6 heteroatoms. The molecule has 0 unspecified atom stereocenters. The molecule has 0 fully saturated rings. The average Bonchev–Trinajstić information content (AvgIpc) is 2.47. The Morgan fingerprint density at radius 3 is 2.09 bits per heavy atom. The molecule has 1 radical (unpaired) electrons. The van der Waals surface area contributed by atoms with Crippen LogP contribution in [0.15, 0.2) is 30.3 Å². The van der Waals surface area contributed by atoms with Crippen molar-refractivity contribution >= 4 is 25.1 Å². The summed E-state index contributed by atoms with van der Waals surface area (Å²) in [6, 6.07) is 9.82. The van der Waals surface area contributed by atoms with Gasteiger partial charge in [-0.15, -0.1) is 13.1 Å². The molecular weight excluding hydrogens is 284 g/mol. The van der Waals surface area contributed by atoms with E-state index in [-0.39, 0.29) is 30.4 Å². The molecule has 0 atom stereocenters. The predicted molar refractivity (Wildman–Crippen MR) is 90.5 cm³/mol. The molecule has 0 heterocycles. The van der Waals surface area contributed by atoms with Crippen LogP contribution in [0, 0.1) is 13.8 Å². The molecule has 0 saturated heterocycles. The van der Waals surface area contributed by atoms with Crippen LogP contribution in [0.1, 0.15) is 20.8 Å². The third-order valence-corrected chi connectivity index (χ3v) is 2.55. The number of hydrogen-bond acceptors (Lipinski definition) is 3. The fourth-order valence-corrected chi connectivity index (χ4v) is 1.41. The maximum Gasteiger partial charge on any atom is 1.00 e. The molecule has 0 spiro atoms. The van der Waals surface area contributed by atoms with Crippen LogP contribution in [-0.2, 0) is 14.3 Å². The second-order valence-electron chi connectivity index (χ2n) is 5.50. The van der Waals surface area contributed by atoms with Crippen LogP contribution in [0.3, 0.4) is 0 Å². The van der Waals surface area contributed by atoms with Gasteiger partial charge in [-0.3, -0.25) is 4.79 Å². The van der Waals surface area contributed by atoms with Gasteiger partial charge in [-0.05, 0) is 20.8 Å². The summed E-state index contributed by atoms with van der Waals surface area (Å²) in [4.78, 5) is 22.7. The Kier molecular flexibility index (Phi) is 13.9. The van der Waals surface area contributed by atoms with Crippen molar-refractivity contribution in [1.29, 1.82) is 0 Å². The van der Waals surface area contributed by atoms with Crippen molar-refractivity contribution in [3.8, 4) is 0 Å². The topological polar surface area (TPSA) is 46.6 Å². The number of rotatable bonds is 6. The summed E-state index contributed by atoms with van der Waals surface area (Å²) in [5.74, 6) is 0.0730. The molecule has 1 aromatic rings. The molecule has 0 aliphatic carbocycles. The Hall–Kier alpha value is -1.18. The van der Waals surface area contributed by atoms with Crippen LogP contribution in [0.2, 0.25) is 6.32 Å². The molecule has 1 amide bonds. The van der Waals surface area contributed by atoms with Gasteiger partial charge < -0.3 is 28.3 Å². The van der Waals surface area contributed by atoms with Gasteiger partial charge in [-0.2, -0.15) is 0 Å². The van der Waals surface area contributed by atoms with E-state index >= 15 is 0 Å². The SMILES string of the molecule is CC(C)(C)O[C-]=O.[CH2-]CN(C[CH2-])C(=O)C[B]c1ccccc1.[Li+]. The summed E-state index contributed by atoms with van der Waals surface area (Å²) in [7, 11) is 1.92. The Bertz CT molecular complexity index is 431. The zero-order valence-corrected chi connectivity index (χ0v) is 14.7. The summed E-state index contributed by atoms with van der Waals surface area (Å²) in [5, 5.41) is 0. The second-order valence-corrected chi connectivity index (χ2v) is 5.50. The van der Waals surface area contributed by atoms with Crippen molar-refractivity contribution in [2.24, 2.45) is 0 Å². The van der Waals surface area contributed by atoms with E-state index in [4.69, 9.17) is 0 Å². The predicted octanol–water partition coefficient (Wildman–Crippen LogP) is -1.20. The molecule has 0 saturated carbocycles. The minimum atomic E-state index is -0.373. The molecule has 4 nitrogen and oxygen atoms in total. The largest absolute Gasteiger partial charge is 1.00 e. The molecule has 1 aromatic carbocycles. The first-order valence-electron chi connectivity index (χ1n) is 7.13. The number of benzene rings is 1. The smallest absolute Gasteiger partial charge is 0.649 e. The van der Waals surface area contributed by atoms with Gasteiger partial charge in [0.2, 0.25) is 5.91 Å². The molecule has 121 valence electrons. The molecule has 0 aliphatic heterocycles. The first kappa shape index (κ1) is 24.1. The minimum Gasteiger partial charge on any atom is -0.649 e. The zero-order chi connectivity index (χ0) is 17.0. The number of carbonyl (C=O) groups is 1. The summed E-state index contributed by atoms with van der Waals surface area (Å²) in [6.07, 6.45) is 0.412. The quantitative estimate of drug-likeness (QED) is 0.490. The summed E-state index contributed by atoms with van der Waals surface area (Å²) >= 11 is 0. The van der Waals surface area contributed by atoms with Crippen LogP contribution in [0.4, 0.5) is 0 Å². The maximum atomic E-state index is 11.6. The van der Waals surface area contributed by atoms with Crippen LogP contribution in [-0.4, -0.2) is 43.2 Å². The first-order valence-corrected chi connectivity index (χ1v) is 7.13. The van der Waals surface area contributed by atoms with Crippen LogP contribution in [0.5, 0.6) is 0 Å². The fourth-order valence-electron chi connectivity index (χ4n) is 1.41. The van der Waals surface area contributed by atoms with Crippen molar-refractivity contribution in [3.63, 3.8) is 0 Å².